The third-order valence-electron chi connectivity index (χ3n) is 8.50. The van der Waals surface area contributed by atoms with Crippen molar-refractivity contribution in [1.82, 2.24) is 29.8 Å². The fourth-order valence-electron chi connectivity index (χ4n) is 5.85. The number of nitrogens with zero attached hydrogens (tertiary/aromatic N) is 5. The number of nitrogens with one attached hydrogen (secondary N) is 3. The van der Waals surface area contributed by atoms with Crippen molar-refractivity contribution in [2.24, 2.45) is 0 Å². The van der Waals surface area contributed by atoms with Crippen LogP contribution >= 0.6 is 12.2 Å². The third-order valence-corrected chi connectivity index (χ3v) is 8.71. The summed E-state index contributed by atoms with van der Waals surface area (Å²) in [7, 11) is 3.86. The van der Waals surface area contributed by atoms with Gasteiger partial charge in [0.1, 0.15) is 0 Å². The van der Waals surface area contributed by atoms with Crippen molar-refractivity contribution in [3.05, 3.63) is 59.7 Å². The van der Waals surface area contributed by atoms with Crippen LogP contribution in [0.4, 0.5) is 11.4 Å². The Morgan fingerprint density at radius 3 is 1.62 bits per heavy atom. The van der Waals surface area contributed by atoms with Crippen LogP contribution in [0.2, 0.25) is 0 Å². The summed E-state index contributed by atoms with van der Waals surface area (Å²) in [5.74, 6) is -4.44. The standard InChI is InChI=1S/C35H50N8O9S/c1-39(2)12-11-36-34(52)26-5-9-28(10-6-26)38-35(53)37-27-7-3-25(4-8-27)19-29-20-42(23-32(48)49)16-15-40(21-30(44)45)13-14-41(22-31(46)47)17-18-43(29)24-33(50)51/h3-10,29H,11-24H2,1-2H3,(H,36,52)(H,44,45)(H,46,47)(H,48,49)(H,50,51)(H2,37,38,53). The summed E-state index contributed by atoms with van der Waals surface area (Å²) in [5, 5.41) is 47.9. The first kappa shape index (κ1) is 42.7. The molecular formula is C35H50N8O9S. The number of rotatable bonds is 16. The number of carboxylic acid groups (broad SMARTS) is 4. The highest BCUT2D eigenvalue weighted by Crippen LogP contribution is 2.17. The first-order chi connectivity index (χ1) is 25.2. The van der Waals surface area contributed by atoms with Crippen molar-refractivity contribution < 1.29 is 44.4 Å². The fraction of sp³-hybridized carbons (Fsp3) is 0.486. The molecule has 1 heterocycles. The lowest BCUT2D eigenvalue weighted by molar-refractivity contribution is -0.142. The summed E-state index contributed by atoms with van der Waals surface area (Å²) in [5.41, 5.74) is 2.73. The number of carbonyl (C=O) groups excluding carboxylic acids is 1. The zero-order valence-electron chi connectivity index (χ0n) is 30.1. The highest BCUT2D eigenvalue weighted by Gasteiger charge is 2.27. The number of anilines is 2. The number of hydrogen-bond donors (Lipinski definition) is 7. The van der Waals surface area contributed by atoms with E-state index in [4.69, 9.17) is 12.2 Å². The molecule has 1 aliphatic heterocycles. The summed E-state index contributed by atoms with van der Waals surface area (Å²) in [6, 6.07) is 13.8. The molecule has 1 saturated heterocycles. The van der Waals surface area contributed by atoms with Gasteiger partial charge >= 0.3 is 23.9 Å². The summed E-state index contributed by atoms with van der Waals surface area (Å²) < 4.78 is 0. The van der Waals surface area contributed by atoms with Gasteiger partial charge in [0.15, 0.2) is 5.11 Å². The Morgan fingerprint density at radius 2 is 1.13 bits per heavy atom. The molecule has 0 bridgehead atoms. The number of hydrogen-bond acceptors (Lipinski definition) is 11. The molecule has 0 aliphatic carbocycles. The van der Waals surface area contributed by atoms with Gasteiger partial charge in [0.2, 0.25) is 0 Å². The molecule has 1 amide bonds. The van der Waals surface area contributed by atoms with Crippen molar-refractivity contribution in [2.45, 2.75) is 12.5 Å². The van der Waals surface area contributed by atoms with Crippen LogP contribution in [0, 0.1) is 0 Å². The van der Waals surface area contributed by atoms with Gasteiger partial charge in [-0.25, -0.2) is 0 Å². The molecule has 0 spiro atoms. The van der Waals surface area contributed by atoms with Crippen LogP contribution < -0.4 is 16.0 Å². The smallest absolute Gasteiger partial charge is 0.317 e. The molecule has 2 aromatic rings. The number of carbonyl (C=O) groups is 5. The van der Waals surface area contributed by atoms with E-state index in [-0.39, 0.29) is 77.9 Å². The van der Waals surface area contributed by atoms with Crippen LogP contribution in [-0.2, 0) is 25.6 Å². The van der Waals surface area contributed by atoms with Crippen LogP contribution in [0.1, 0.15) is 15.9 Å². The van der Waals surface area contributed by atoms with Crippen molar-refractivity contribution in [3.8, 4) is 0 Å². The average Bonchev–Trinajstić information content (AvgIpc) is 3.06. The summed E-state index contributed by atoms with van der Waals surface area (Å²) in [4.78, 5) is 68.1. The molecular weight excluding hydrogens is 708 g/mol. The molecule has 2 aromatic carbocycles. The first-order valence-electron chi connectivity index (χ1n) is 17.1. The van der Waals surface area contributed by atoms with E-state index in [1.54, 1.807) is 43.9 Å². The maximum atomic E-state index is 12.4. The minimum atomic E-state index is -1.08. The Balaban J connectivity index is 1.74. The number of carboxylic acids is 4. The third kappa shape index (κ3) is 16.7. The zero-order valence-corrected chi connectivity index (χ0v) is 30.9. The maximum absolute atomic E-state index is 12.4. The van der Waals surface area contributed by atoms with E-state index in [0.717, 1.165) is 12.1 Å². The number of aliphatic carboxylic acids is 4. The quantitative estimate of drug-likeness (QED) is 0.114. The van der Waals surface area contributed by atoms with E-state index in [0.29, 0.717) is 35.0 Å². The monoisotopic (exact) mass is 758 g/mol. The Morgan fingerprint density at radius 1 is 0.679 bits per heavy atom. The number of amides is 1. The molecule has 1 fully saturated rings. The molecule has 1 atom stereocenters. The Bertz CT molecular complexity index is 1540. The minimum absolute atomic E-state index is 0.168. The largest absolute Gasteiger partial charge is 0.480 e. The lowest BCUT2D eigenvalue weighted by Crippen LogP contribution is -2.53. The second-order valence-electron chi connectivity index (χ2n) is 13.1. The molecule has 18 heteroatoms. The van der Waals surface area contributed by atoms with Crippen molar-refractivity contribution >= 4 is 58.5 Å². The van der Waals surface area contributed by atoms with Crippen LogP contribution in [0.3, 0.4) is 0 Å². The number of likely N-dealkylation sites (N-methyl/N-ethyl adjacent to an activating group) is 1. The van der Waals surface area contributed by atoms with Gasteiger partial charge in [-0.05, 0) is 74.7 Å². The van der Waals surface area contributed by atoms with E-state index in [1.165, 1.54) is 0 Å². The average molecular weight is 759 g/mol. The topological polar surface area (TPSA) is 219 Å². The van der Waals surface area contributed by atoms with Crippen molar-refractivity contribution in [2.75, 3.05) is 110 Å². The molecule has 290 valence electrons. The zero-order chi connectivity index (χ0) is 38.9. The van der Waals surface area contributed by atoms with Gasteiger partial charge < -0.3 is 41.3 Å². The van der Waals surface area contributed by atoms with Gasteiger partial charge in [0, 0.05) is 81.9 Å². The summed E-state index contributed by atoms with van der Waals surface area (Å²) in [6.45, 7) is 1.44. The minimum Gasteiger partial charge on any atom is -0.480 e. The maximum Gasteiger partial charge on any atom is 0.317 e. The van der Waals surface area contributed by atoms with E-state index in [9.17, 15) is 44.4 Å². The van der Waals surface area contributed by atoms with E-state index in [1.807, 2.05) is 43.3 Å². The van der Waals surface area contributed by atoms with Gasteiger partial charge in [-0.1, -0.05) is 12.1 Å². The molecule has 3 rings (SSSR count). The van der Waals surface area contributed by atoms with Crippen LogP contribution in [-0.4, -0.2) is 185 Å². The molecule has 53 heavy (non-hydrogen) atoms. The second kappa shape index (κ2) is 21.7. The van der Waals surface area contributed by atoms with Gasteiger partial charge in [-0.3, -0.25) is 43.6 Å². The van der Waals surface area contributed by atoms with Gasteiger partial charge in [0.05, 0.1) is 26.2 Å². The summed E-state index contributed by atoms with van der Waals surface area (Å²) >= 11 is 5.49. The molecule has 1 unspecified atom stereocenters. The van der Waals surface area contributed by atoms with Gasteiger partial charge in [0.25, 0.3) is 5.91 Å². The lowest BCUT2D eigenvalue weighted by Gasteiger charge is -2.37. The second-order valence-corrected chi connectivity index (χ2v) is 13.5. The molecule has 0 aromatic heterocycles. The SMILES string of the molecule is CN(C)CCNC(=O)c1ccc(NC(=S)Nc2ccc(CC3CN(CC(=O)O)CCN(CC(=O)O)CCN(CC(=O)O)CCN3CC(=O)O)cc2)cc1. The number of benzene rings is 2. The molecule has 0 radical (unpaired) electrons. The van der Waals surface area contributed by atoms with E-state index < -0.39 is 29.9 Å². The normalized spacial score (nSPS) is 16.9. The number of thiocarbonyl (C=S) groups is 1. The van der Waals surface area contributed by atoms with Crippen LogP contribution in [0.5, 0.6) is 0 Å². The molecule has 7 N–H and O–H groups in total. The van der Waals surface area contributed by atoms with Crippen molar-refractivity contribution in [1.29, 1.82) is 0 Å². The fourth-order valence-corrected chi connectivity index (χ4v) is 6.08. The van der Waals surface area contributed by atoms with Gasteiger partial charge in [-0.2, -0.15) is 0 Å². The summed E-state index contributed by atoms with van der Waals surface area (Å²) in [6.07, 6.45) is 0.346. The van der Waals surface area contributed by atoms with Crippen molar-refractivity contribution in [3.63, 3.8) is 0 Å². The van der Waals surface area contributed by atoms with E-state index >= 15 is 0 Å². The Labute approximate surface area is 314 Å². The Hall–Kier alpha value is -4.72. The van der Waals surface area contributed by atoms with Crippen LogP contribution in [0.15, 0.2) is 48.5 Å². The van der Waals surface area contributed by atoms with E-state index in [2.05, 4.69) is 16.0 Å². The molecule has 0 saturated carbocycles. The van der Waals surface area contributed by atoms with Crippen LogP contribution in [0.25, 0.3) is 0 Å². The predicted octanol–water partition coefficient (Wildman–Crippen LogP) is 0.258. The highest BCUT2D eigenvalue weighted by atomic mass is 32.1. The first-order valence-corrected chi connectivity index (χ1v) is 17.6. The molecule has 17 nitrogen and oxygen atoms in total. The lowest BCUT2D eigenvalue weighted by atomic mass is 10.0. The Kier molecular flexibility index (Phi) is 17.5. The van der Waals surface area contributed by atoms with Gasteiger partial charge in [-0.15, -0.1) is 0 Å². The predicted molar refractivity (Wildman–Crippen MR) is 203 cm³/mol. The molecule has 1 aliphatic rings. The highest BCUT2D eigenvalue weighted by molar-refractivity contribution is 7.80.